The molecule has 0 radical (unpaired) electrons. The minimum atomic E-state index is -1.42. The number of carbonyl (C=O) groups is 1. The average molecular weight is 625 g/mol. The van der Waals surface area contributed by atoms with E-state index < -0.39 is 12.3 Å². The first-order valence-electron chi connectivity index (χ1n) is 15.4. The van der Waals surface area contributed by atoms with Crippen molar-refractivity contribution in [2.45, 2.75) is 31.2 Å². The number of amides is 1. The Labute approximate surface area is 265 Å². The standard InChI is InChI=1S/C32H33FN10O3/c33-26-17-43(31(44)27-7-9-37-40-27)10-8-29(26)46-28-6-1-21(15-22(28)16-34)30-35-20-36-32(39-30)38-23-2-4-24(5-3-23)41-11-13-42(14-12-41)25-18-45-19-25/h1-6,9,15,20,25-26,29H,7-8,10-14,17-19H2,(H,35,36,38,39)/t26-,29+/m1/s1. The molecule has 0 aliphatic carbocycles. The van der Waals surface area contributed by atoms with Crippen molar-refractivity contribution in [2.75, 3.05) is 62.7 Å². The van der Waals surface area contributed by atoms with Gasteiger partial charge < -0.3 is 24.6 Å². The van der Waals surface area contributed by atoms with E-state index in [0.29, 0.717) is 42.1 Å². The van der Waals surface area contributed by atoms with Crippen molar-refractivity contribution in [2.24, 2.45) is 10.2 Å². The van der Waals surface area contributed by atoms with Gasteiger partial charge in [-0.2, -0.15) is 15.3 Å². The minimum Gasteiger partial charge on any atom is -0.486 e. The molecule has 0 bridgehead atoms. The highest BCUT2D eigenvalue weighted by atomic mass is 19.1. The number of nitriles is 1. The lowest BCUT2D eigenvalue weighted by molar-refractivity contribution is -0.127. The predicted molar refractivity (Wildman–Crippen MR) is 169 cm³/mol. The average Bonchev–Trinajstić information content (AvgIpc) is 3.61. The fourth-order valence-electron chi connectivity index (χ4n) is 5.97. The van der Waals surface area contributed by atoms with Crippen LogP contribution in [0.1, 0.15) is 18.4 Å². The molecule has 2 atom stereocenters. The van der Waals surface area contributed by atoms with E-state index in [-0.39, 0.29) is 30.2 Å². The van der Waals surface area contributed by atoms with Crippen LogP contribution in [0.5, 0.6) is 5.75 Å². The highest BCUT2D eigenvalue weighted by Crippen LogP contribution is 2.29. The first-order chi connectivity index (χ1) is 22.5. The number of halogens is 1. The predicted octanol–water partition coefficient (Wildman–Crippen LogP) is 2.82. The Morgan fingerprint density at radius 1 is 1.07 bits per heavy atom. The molecule has 7 rings (SSSR count). The number of hydrogen-bond acceptors (Lipinski definition) is 12. The van der Waals surface area contributed by atoms with Crippen LogP contribution >= 0.6 is 0 Å². The number of ether oxygens (including phenoxy) is 2. The molecule has 4 aliphatic heterocycles. The van der Waals surface area contributed by atoms with Crippen LogP contribution in [0.25, 0.3) is 11.4 Å². The zero-order chi connectivity index (χ0) is 31.5. The molecule has 0 unspecified atom stereocenters. The fourth-order valence-corrected chi connectivity index (χ4v) is 5.97. The Kier molecular flexibility index (Phi) is 8.49. The van der Waals surface area contributed by atoms with Crippen molar-refractivity contribution in [3.63, 3.8) is 0 Å². The summed E-state index contributed by atoms with van der Waals surface area (Å²) in [6.07, 6.45) is 1.38. The summed E-state index contributed by atoms with van der Waals surface area (Å²) >= 11 is 0. The number of alkyl halides is 1. The van der Waals surface area contributed by atoms with E-state index in [0.717, 1.165) is 45.1 Å². The van der Waals surface area contributed by atoms with E-state index in [1.54, 1.807) is 24.4 Å². The molecular formula is C32H33FN10O3. The Morgan fingerprint density at radius 3 is 2.59 bits per heavy atom. The van der Waals surface area contributed by atoms with E-state index in [9.17, 15) is 10.1 Å². The number of likely N-dealkylation sites (tertiary alicyclic amines) is 1. The topological polar surface area (TPSA) is 144 Å². The summed E-state index contributed by atoms with van der Waals surface area (Å²) in [6.45, 7) is 5.93. The second kappa shape index (κ2) is 13.2. The first kappa shape index (κ1) is 29.7. The number of hydrogen-bond donors (Lipinski definition) is 1. The third-order valence-corrected chi connectivity index (χ3v) is 8.71. The van der Waals surface area contributed by atoms with Gasteiger partial charge in [-0.3, -0.25) is 9.69 Å². The number of nitrogens with zero attached hydrogens (tertiary/aromatic N) is 9. The minimum absolute atomic E-state index is 0.112. The number of nitrogens with one attached hydrogen (secondary N) is 1. The number of piperazine rings is 1. The van der Waals surface area contributed by atoms with Crippen LogP contribution < -0.4 is 15.0 Å². The Morgan fingerprint density at radius 2 is 1.89 bits per heavy atom. The van der Waals surface area contributed by atoms with Crippen LogP contribution in [0.2, 0.25) is 0 Å². The van der Waals surface area contributed by atoms with E-state index >= 15 is 4.39 Å². The maximum atomic E-state index is 15.1. The summed E-state index contributed by atoms with van der Waals surface area (Å²) in [5, 5.41) is 20.6. The molecule has 4 aliphatic rings. The largest absolute Gasteiger partial charge is 0.486 e. The van der Waals surface area contributed by atoms with Gasteiger partial charge in [0.15, 0.2) is 12.0 Å². The van der Waals surface area contributed by atoms with Gasteiger partial charge in [-0.1, -0.05) is 0 Å². The number of aromatic nitrogens is 3. The van der Waals surface area contributed by atoms with Crippen LogP contribution in [0.4, 0.5) is 21.7 Å². The highest BCUT2D eigenvalue weighted by Gasteiger charge is 2.35. The maximum absolute atomic E-state index is 15.1. The second-order valence-electron chi connectivity index (χ2n) is 11.6. The van der Waals surface area contributed by atoms with Gasteiger partial charge in [0.25, 0.3) is 5.91 Å². The molecule has 0 saturated carbocycles. The van der Waals surface area contributed by atoms with Gasteiger partial charge in [0.1, 0.15) is 30.0 Å². The third kappa shape index (κ3) is 6.37. The number of benzene rings is 2. The maximum Gasteiger partial charge on any atom is 0.270 e. The Bertz CT molecular complexity index is 1680. The van der Waals surface area contributed by atoms with Crippen LogP contribution in [0.3, 0.4) is 0 Å². The number of rotatable bonds is 8. The molecule has 46 heavy (non-hydrogen) atoms. The Hall–Kier alpha value is -5.00. The molecule has 2 aromatic carbocycles. The fraction of sp³-hybridized carbons (Fsp3) is 0.406. The monoisotopic (exact) mass is 624 g/mol. The van der Waals surface area contributed by atoms with Gasteiger partial charge in [0.05, 0.1) is 31.4 Å². The van der Waals surface area contributed by atoms with Crippen LogP contribution in [0, 0.1) is 11.3 Å². The summed E-state index contributed by atoms with van der Waals surface area (Å²) in [5.41, 5.74) is 3.14. The van der Waals surface area contributed by atoms with Crippen LogP contribution in [0.15, 0.2) is 59.0 Å². The summed E-state index contributed by atoms with van der Waals surface area (Å²) in [5.74, 6) is 0.692. The van der Waals surface area contributed by atoms with Gasteiger partial charge in [-0.25, -0.2) is 14.4 Å². The van der Waals surface area contributed by atoms with Crippen molar-refractivity contribution in [1.82, 2.24) is 24.8 Å². The lowest BCUT2D eigenvalue weighted by Gasteiger charge is -2.43. The van der Waals surface area contributed by atoms with Crippen molar-refractivity contribution in [3.8, 4) is 23.2 Å². The van der Waals surface area contributed by atoms with E-state index in [4.69, 9.17) is 9.47 Å². The smallest absolute Gasteiger partial charge is 0.270 e. The number of piperidine rings is 1. The molecule has 236 valence electrons. The molecule has 13 nitrogen and oxygen atoms in total. The van der Waals surface area contributed by atoms with Gasteiger partial charge in [0, 0.05) is 68.7 Å². The summed E-state index contributed by atoms with van der Waals surface area (Å²) < 4.78 is 26.4. The SMILES string of the molecule is N#Cc1cc(-c2ncnc(Nc3ccc(N4CCN(C5COC5)CC4)cc3)n2)ccc1O[C@H]1CCN(C(=O)C2=NN=CC2)C[C@H]1F. The molecule has 1 amide bonds. The molecule has 5 heterocycles. The van der Waals surface area contributed by atoms with Crippen molar-refractivity contribution >= 4 is 35.2 Å². The molecular weight excluding hydrogens is 591 g/mol. The van der Waals surface area contributed by atoms with E-state index in [1.165, 1.54) is 16.9 Å². The van der Waals surface area contributed by atoms with E-state index in [2.05, 4.69) is 58.5 Å². The molecule has 3 fully saturated rings. The molecule has 1 N–H and O–H groups in total. The van der Waals surface area contributed by atoms with Gasteiger partial charge in [-0.15, -0.1) is 5.10 Å². The van der Waals surface area contributed by atoms with Gasteiger partial charge in [0.2, 0.25) is 5.95 Å². The highest BCUT2D eigenvalue weighted by molar-refractivity contribution is 6.41. The van der Waals surface area contributed by atoms with E-state index in [1.807, 2.05) is 12.1 Å². The molecule has 3 aromatic rings. The first-order valence-corrected chi connectivity index (χ1v) is 15.4. The summed E-state index contributed by atoms with van der Waals surface area (Å²) in [7, 11) is 0. The number of anilines is 3. The molecule has 3 saturated heterocycles. The zero-order valence-electron chi connectivity index (χ0n) is 25.1. The zero-order valence-corrected chi connectivity index (χ0v) is 25.1. The lowest BCUT2D eigenvalue weighted by atomic mass is 10.0. The summed E-state index contributed by atoms with van der Waals surface area (Å²) in [6, 6.07) is 15.9. The van der Waals surface area contributed by atoms with Crippen molar-refractivity contribution < 1.29 is 18.7 Å². The summed E-state index contributed by atoms with van der Waals surface area (Å²) in [4.78, 5) is 32.0. The van der Waals surface area contributed by atoms with Crippen molar-refractivity contribution in [3.05, 3.63) is 54.4 Å². The van der Waals surface area contributed by atoms with Crippen LogP contribution in [-0.2, 0) is 9.53 Å². The number of carbonyl (C=O) groups excluding carboxylic acids is 1. The van der Waals surface area contributed by atoms with Crippen LogP contribution in [-0.4, -0.2) is 113 Å². The normalized spacial score (nSPS) is 21.8. The quantitative estimate of drug-likeness (QED) is 0.397. The lowest BCUT2D eigenvalue weighted by Crippen LogP contribution is -2.56. The Balaban J connectivity index is 0.964. The van der Waals surface area contributed by atoms with Crippen molar-refractivity contribution in [1.29, 1.82) is 5.26 Å². The molecule has 14 heteroatoms. The van der Waals surface area contributed by atoms with Gasteiger partial charge >= 0.3 is 0 Å². The molecule has 1 aromatic heterocycles. The molecule has 0 spiro atoms. The second-order valence-corrected chi connectivity index (χ2v) is 11.6. The third-order valence-electron chi connectivity index (χ3n) is 8.71. The van der Waals surface area contributed by atoms with Gasteiger partial charge in [-0.05, 0) is 42.5 Å².